The van der Waals surface area contributed by atoms with E-state index < -0.39 is 38.5 Å². The van der Waals surface area contributed by atoms with Gasteiger partial charge < -0.3 is 19.7 Å². The predicted octanol–water partition coefficient (Wildman–Crippen LogP) is 5.99. The number of benzene rings is 2. The SMILES string of the molecule is CCS(=O)(=O)c1nc(N[C@@H]2CCN(C)C2=O)c2c3c(c(-c4ccc(F)c5sc(NC(=O)OC(C)(C)C)c(C#N)c45)c(Cl)c2n1)COC3. The molecule has 16 heteroatoms. The van der Waals surface area contributed by atoms with Gasteiger partial charge >= 0.3 is 6.09 Å². The molecule has 0 saturated carbocycles. The third kappa shape index (κ3) is 5.73. The number of fused-ring (bicyclic) bond motifs is 4. The lowest BCUT2D eigenvalue weighted by atomic mass is 9.91. The van der Waals surface area contributed by atoms with Crippen LogP contribution >= 0.6 is 22.9 Å². The van der Waals surface area contributed by atoms with Crippen LogP contribution in [0.5, 0.6) is 0 Å². The standard InChI is InChI=1S/C31H30ClFN6O6S2/c1-6-47(42,43)29-36-24-22(26(37-29)35-19-9-10-39(5)28(19)40)17-13-44-12-16(17)20(23(24)32)14-7-8-18(33)25-21(14)15(11-34)27(46-25)38-30(41)45-31(2,3)4/h7-8,19H,6,9-10,12-13H2,1-5H3,(H,38,41)(H,35,36,37)/t19-/m1/s1. The van der Waals surface area contributed by atoms with E-state index in [1.54, 1.807) is 32.7 Å². The molecule has 0 radical (unpaired) electrons. The van der Waals surface area contributed by atoms with E-state index in [-0.39, 0.29) is 61.9 Å². The number of nitrogens with one attached hydrogen (secondary N) is 2. The van der Waals surface area contributed by atoms with Crippen LogP contribution in [0.25, 0.3) is 32.1 Å². The lowest BCUT2D eigenvalue weighted by Crippen LogP contribution is -2.31. The van der Waals surface area contributed by atoms with Crippen LogP contribution in [-0.2, 0) is 37.3 Å². The average Bonchev–Trinajstić information content (AvgIpc) is 3.71. The molecule has 1 atom stereocenters. The summed E-state index contributed by atoms with van der Waals surface area (Å²) >= 11 is 8.03. The van der Waals surface area contributed by atoms with Gasteiger partial charge in [-0.2, -0.15) is 5.26 Å². The number of thiophene rings is 1. The molecule has 47 heavy (non-hydrogen) atoms. The van der Waals surface area contributed by atoms with Gasteiger partial charge in [-0.15, -0.1) is 11.3 Å². The molecule has 2 aliphatic rings. The van der Waals surface area contributed by atoms with E-state index in [9.17, 15) is 23.3 Å². The Morgan fingerprint density at radius 1 is 1.26 bits per heavy atom. The van der Waals surface area contributed by atoms with Crippen LogP contribution in [0.3, 0.4) is 0 Å². The quantitative estimate of drug-likeness (QED) is 0.228. The molecule has 1 saturated heterocycles. The topological polar surface area (TPSA) is 164 Å². The number of carbonyl (C=O) groups excluding carboxylic acids is 2. The number of rotatable bonds is 6. The second-order valence-corrected chi connectivity index (χ2v) is 15.8. The van der Waals surface area contributed by atoms with E-state index in [1.807, 2.05) is 0 Å². The maximum absolute atomic E-state index is 15.3. The normalized spacial score (nSPS) is 16.5. The first-order valence-electron chi connectivity index (χ1n) is 14.7. The minimum atomic E-state index is -3.94. The summed E-state index contributed by atoms with van der Waals surface area (Å²) in [6, 6.07) is 4.15. The number of hydrogen-bond donors (Lipinski definition) is 2. The number of sulfone groups is 1. The van der Waals surface area contributed by atoms with Crippen molar-refractivity contribution in [1.82, 2.24) is 14.9 Å². The fourth-order valence-corrected chi connectivity index (χ4v) is 7.90. The number of nitrogens with zero attached hydrogens (tertiary/aromatic N) is 4. The van der Waals surface area contributed by atoms with Crippen molar-refractivity contribution in [1.29, 1.82) is 5.26 Å². The van der Waals surface area contributed by atoms with Crippen molar-refractivity contribution >= 4 is 76.6 Å². The van der Waals surface area contributed by atoms with Crippen molar-refractivity contribution in [2.24, 2.45) is 0 Å². The molecular weight excluding hydrogens is 671 g/mol. The van der Waals surface area contributed by atoms with Gasteiger partial charge in [0.2, 0.25) is 20.9 Å². The van der Waals surface area contributed by atoms with Crippen LogP contribution in [0.4, 0.5) is 20.0 Å². The summed E-state index contributed by atoms with van der Waals surface area (Å²) in [6.07, 6.45) is -0.336. The number of aromatic nitrogens is 2. The molecule has 4 aromatic rings. The van der Waals surface area contributed by atoms with Gasteiger partial charge in [-0.05, 0) is 49.9 Å². The molecule has 2 N–H and O–H groups in total. The largest absolute Gasteiger partial charge is 0.444 e. The Bertz CT molecular complexity index is 2160. The van der Waals surface area contributed by atoms with Gasteiger partial charge in [-0.25, -0.2) is 27.6 Å². The summed E-state index contributed by atoms with van der Waals surface area (Å²) in [5, 5.41) is 16.2. The Kier molecular flexibility index (Phi) is 8.28. The number of anilines is 2. The van der Waals surface area contributed by atoms with Gasteiger partial charge in [0, 0.05) is 24.5 Å². The Morgan fingerprint density at radius 3 is 2.62 bits per heavy atom. The van der Waals surface area contributed by atoms with Crippen molar-refractivity contribution < 1.29 is 31.9 Å². The Morgan fingerprint density at radius 2 is 1.98 bits per heavy atom. The molecule has 2 aromatic carbocycles. The predicted molar refractivity (Wildman–Crippen MR) is 176 cm³/mol. The fraction of sp³-hybridized carbons (Fsp3) is 0.387. The summed E-state index contributed by atoms with van der Waals surface area (Å²) in [5.74, 6) is -0.942. The molecule has 0 unspecified atom stereocenters. The number of likely N-dealkylation sites (tertiary alicyclic amines) is 1. The van der Waals surface area contributed by atoms with Gasteiger partial charge in [0.15, 0.2) is 0 Å². The van der Waals surface area contributed by atoms with Crippen LogP contribution in [0.15, 0.2) is 17.3 Å². The number of hydrogen-bond acceptors (Lipinski definition) is 11. The lowest BCUT2D eigenvalue weighted by molar-refractivity contribution is -0.127. The third-order valence-corrected chi connectivity index (χ3v) is 10.9. The molecule has 2 aromatic heterocycles. The molecule has 2 amide bonds. The number of halogens is 2. The van der Waals surface area contributed by atoms with Crippen molar-refractivity contribution in [3.05, 3.63) is 39.7 Å². The van der Waals surface area contributed by atoms with Gasteiger partial charge in [-0.3, -0.25) is 10.1 Å². The highest BCUT2D eigenvalue weighted by Gasteiger charge is 2.34. The molecule has 1 fully saturated rings. The minimum absolute atomic E-state index is 0.00246. The Labute approximate surface area is 278 Å². The van der Waals surface area contributed by atoms with Gasteiger partial charge in [0.1, 0.15) is 34.3 Å². The molecule has 0 aliphatic carbocycles. The second-order valence-electron chi connectivity index (χ2n) is 12.2. The fourth-order valence-electron chi connectivity index (χ4n) is 5.76. The number of likely N-dealkylation sites (N-methyl/N-ethyl adjacent to an activating group) is 1. The summed E-state index contributed by atoms with van der Waals surface area (Å²) < 4.78 is 52.9. The van der Waals surface area contributed by atoms with Crippen molar-refractivity contribution in [3.8, 4) is 17.2 Å². The zero-order valence-electron chi connectivity index (χ0n) is 26.1. The maximum Gasteiger partial charge on any atom is 0.412 e. The van der Waals surface area contributed by atoms with E-state index in [2.05, 4.69) is 26.7 Å². The van der Waals surface area contributed by atoms with Crippen LogP contribution in [0, 0.1) is 17.1 Å². The van der Waals surface area contributed by atoms with E-state index in [1.165, 1.54) is 19.1 Å². The number of ether oxygens (including phenoxy) is 2. The first kappa shape index (κ1) is 32.8. The van der Waals surface area contributed by atoms with Crippen molar-refractivity contribution in [2.75, 3.05) is 30.0 Å². The summed E-state index contributed by atoms with van der Waals surface area (Å²) in [4.78, 5) is 35.9. The van der Waals surface area contributed by atoms with Gasteiger partial charge in [0.25, 0.3) is 0 Å². The van der Waals surface area contributed by atoms with Crippen LogP contribution < -0.4 is 10.6 Å². The Balaban J connectivity index is 1.63. The zero-order valence-corrected chi connectivity index (χ0v) is 28.5. The molecule has 0 bridgehead atoms. The molecule has 6 rings (SSSR count). The van der Waals surface area contributed by atoms with Crippen LogP contribution in [-0.4, -0.2) is 66.3 Å². The number of nitriles is 1. The van der Waals surface area contributed by atoms with Crippen LogP contribution in [0.2, 0.25) is 5.02 Å². The molecule has 12 nitrogen and oxygen atoms in total. The van der Waals surface area contributed by atoms with Gasteiger partial charge in [-0.1, -0.05) is 24.6 Å². The molecular formula is C31H30ClFN6O6S2. The smallest absolute Gasteiger partial charge is 0.412 e. The lowest BCUT2D eigenvalue weighted by Gasteiger charge is -2.20. The first-order valence-corrected chi connectivity index (χ1v) is 17.5. The van der Waals surface area contributed by atoms with Gasteiger partial charge in [0.05, 0.1) is 45.2 Å². The monoisotopic (exact) mass is 700 g/mol. The highest BCUT2D eigenvalue weighted by molar-refractivity contribution is 7.91. The highest BCUT2D eigenvalue weighted by atomic mass is 35.5. The first-order chi connectivity index (χ1) is 22.1. The van der Waals surface area contributed by atoms with Crippen molar-refractivity contribution in [3.63, 3.8) is 0 Å². The maximum atomic E-state index is 15.3. The number of carbonyl (C=O) groups is 2. The minimum Gasteiger partial charge on any atom is -0.444 e. The summed E-state index contributed by atoms with van der Waals surface area (Å²) in [7, 11) is -2.26. The highest BCUT2D eigenvalue weighted by Crippen LogP contribution is 2.49. The number of amides is 2. The molecule has 0 spiro atoms. The van der Waals surface area contributed by atoms with Crippen molar-refractivity contribution in [2.45, 2.75) is 64.1 Å². The van der Waals surface area contributed by atoms with E-state index >= 15 is 4.39 Å². The molecule has 246 valence electrons. The van der Waals surface area contributed by atoms with E-state index in [0.29, 0.717) is 40.6 Å². The second kappa shape index (κ2) is 11.9. The average molecular weight is 701 g/mol. The third-order valence-electron chi connectivity index (χ3n) is 7.96. The zero-order chi connectivity index (χ0) is 34.0. The molecule has 2 aliphatic heterocycles. The van der Waals surface area contributed by atoms with E-state index in [4.69, 9.17) is 21.1 Å². The summed E-state index contributed by atoms with van der Waals surface area (Å²) in [6.45, 7) is 7.24. The Hall–Kier alpha value is -4.10. The van der Waals surface area contributed by atoms with E-state index in [0.717, 1.165) is 11.3 Å². The summed E-state index contributed by atoms with van der Waals surface area (Å²) in [5.41, 5.74) is 1.23. The van der Waals surface area contributed by atoms with Crippen LogP contribution in [0.1, 0.15) is 50.8 Å². The molecule has 4 heterocycles.